The highest BCUT2D eigenvalue weighted by molar-refractivity contribution is 5.81. The lowest BCUT2D eigenvalue weighted by atomic mass is 9.93. The van der Waals surface area contributed by atoms with Crippen LogP contribution in [0.3, 0.4) is 0 Å². The van der Waals surface area contributed by atoms with Gasteiger partial charge in [0, 0.05) is 6.54 Å². The highest BCUT2D eigenvalue weighted by atomic mass is 16.1. The fourth-order valence-electron chi connectivity index (χ4n) is 3.54. The monoisotopic (exact) mass is 317 g/mol. The van der Waals surface area contributed by atoms with Crippen LogP contribution in [0.1, 0.15) is 44.2 Å². The van der Waals surface area contributed by atoms with E-state index >= 15 is 0 Å². The van der Waals surface area contributed by atoms with Gasteiger partial charge >= 0.3 is 0 Å². The first-order valence-electron chi connectivity index (χ1n) is 8.88. The topological polar surface area (TPSA) is 49.6 Å². The van der Waals surface area contributed by atoms with E-state index in [2.05, 4.69) is 23.8 Å². The molecule has 0 radical (unpaired) electrons. The molecule has 1 saturated heterocycles. The Morgan fingerprint density at radius 1 is 1.30 bits per heavy atom. The molecule has 1 aliphatic rings. The Morgan fingerprint density at radius 3 is 2.52 bits per heavy atom. The molecule has 2 rings (SSSR count). The Bertz CT molecular complexity index is 469. The molecule has 4 nitrogen and oxygen atoms in total. The van der Waals surface area contributed by atoms with E-state index in [4.69, 9.17) is 5.73 Å². The fourth-order valence-corrected chi connectivity index (χ4v) is 3.54. The van der Waals surface area contributed by atoms with Crippen molar-refractivity contribution in [3.63, 3.8) is 0 Å². The minimum absolute atomic E-state index is 0.241. The number of carbonyl (C=O) groups excluding carboxylic acids is 1. The van der Waals surface area contributed by atoms with Crippen molar-refractivity contribution in [2.45, 2.75) is 38.6 Å². The number of nitrogens with two attached hydrogens (primary N) is 1. The van der Waals surface area contributed by atoms with Gasteiger partial charge in [-0.25, -0.2) is 0 Å². The van der Waals surface area contributed by atoms with Crippen molar-refractivity contribution < 1.29 is 4.79 Å². The summed E-state index contributed by atoms with van der Waals surface area (Å²) in [5.74, 6) is 0.493. The molecule has 23 heavy (non-hydrogen) atoms. The van der Waals surface area contributed by atoms with Crippen LogP contribution in [0, 0.1) is 5.92 Å². The standard InChI is InChI=1S/C19H31N3O/c1-3-4-12-21(2)15-16-10-13-22(14-11-16)18(19(20)23)17-8-6-5-7-9-17/h5-9,16,18H,3-4,10-15H2,1-2H3,(H2,20,23)/t18-/m0/s1. The number of benzene rings is 1. The normalized spacial score (nSPS) is 18.2. The molecule has 2 N–H and O–H groups in total. The quantitative estimate of drug-likeness (QED) is 0.802. The van der Waals surface area contributed by atoms with Crippen LogP contribution in [-0.4, -0.2) is 48.9 Å². The summed E-state index contributed by atoms with van der Waals surface area (Å²) in [6.07, 6.45) is 4.81. The molecule has 1 aromatic carbocycles. The van der Waals surface area contributed by atoms with Crippen LogP contribution in [0.15, 0.2) is 30.3 Å². The zero-order valence-corrected chi connectivity index (χ0v) is 14.6. The van der Waals surface area contributed by atoms with Crippen molar-refractivity contribution in [3.05, 3.63) is 35.9 Å². The molecule has 1 aromatic rings. The minimum atomic E-state index is -0.282. The van der Waals surface area contributed by atoms with Crippen molar-refractivity contribution in [1.29, 1.82) is 0 Å². The summed E-state index contributed by atoms with van der Waals surface area (Å²) in [5.41, 5.74) is 6.69. The van der Waals surface area contributed by atoms with Crippen molar-refractivity contribution >= 4 is 5.91 Å². The van der Waals surface area contributed by atoms with Crippen molar-refractivity contribution in [1.82, 2.24) is 9.80 Å². The zero-order chi connectivity index (χ0) is 16.7. The SMILES string of the molecule is CCCCN(C)CC1CCN([C@H](C(N)=O)c2ccccc2)CC1. The number of amides is 1. The third kappa shape index (κ3) is 5.33. The maximum Gasteiger partial charge on any atom is 0.239 e. The predicted octanol–water partition coefficient (Wildman–Crippen LogP) is 2.66. The van der Waals surface area contributed by atoms with E-state index < -0.39 is 0 Å². The van der Waals surface area contributed by atoms with E-state index in [1.165, 1.54) is 25.9 Å². The average Bonchev–Trinajstić information content (AvgIpc) is 2.55. The summed E-state index contributed by atoms with van der Waals surface area (Å²) in [4.78, 5) is 16.7. The summed E-state index contributed by atoms with van der Waals surface area (Å²) < 4.78 is 0. The molecule has 0 bridgehead atoms. The van der Waals surface area contributed by atoms with Crippen LogP contribution in [0.4, 0.5) is 0 Å². The second kappa shape index (κ2) is 9.04. The third-order valence-corrected chi connectivity index (χ3v) is 4.86. The van der Waals surface area contributed by atoms with E-state index in [9.17, 15) is 4.79 Å². The molecular formula is C19H31N3O. The Labute approximate surface area is 140 Å². The summed E-state index contributed by atoms with van der Waals surface area (Å²) in [6.45, 7) is 6.49. The number of hydrogen-bond donors (Lipinski definition) is 1. The first-order chi connectivity index (χ1) is 11.1. The van der Waals surface area contributed by atoms with Crippen molar-refractivity contribution in [3.8, 4) is 0 Å². The van der Waals surface area contributed by atoms with Crippen LogP contribution in [0.5, 0.6) is 0 Å². The summed E-state index contributed by atoms with van der Waals surface area (Å²) >= 11 is 0. The average molecular weight is 317 g/mol. The van der Waals surface area contributed by atoms with E-state index in [0.717, 1.165) is 37.4 Å². The van der Waals surface area contributed by atoms with Crippen molar-refractivity contribution in [2.75, 3.05) is 33.2 Å². The highest BCUT2D eigenvalue weighted by Gasteiger charge is 2.29. The van der Waals surface area contributed by atoms with Crippen LogP contribution >= 0.6 is 0 Å². The van der Waals surface area contributed by atoms with E-state index in [0.29, 0.717) is 0 Å². The lowest BCUT2D eigenvalue weighted by Gasteiger charge is -2.37. The van der Waals surface area contributed by atoms with Gasteiger partial charge in [0.2, 0.25) is 5.91 Å². The van der Waals surface area contributed by atoms with Gasteiger partial charge in [-0.05, 0) is 57.4 Å². The van der Waals surface area contributed by atoms with Crippen LogP contribution in [-0.2, 0) is 4.79 Å². The van der Waals surface area contributed by atoms with E-state index in [-0.39, 0.29) is 11.9 Å². The van der Waals surface area contributed by atoms with Gasteiger partial charge in [0.1, 0.15) is 6.04 Å². The number of nitrogens with zero attached hydrogens (tertiary/aromatic N) is 2. The lowest BCUT2D eigenvalue weighted by molar-refractivity contribution is -0.124. The zero-order valence-electron chi connectivity index (χ0n) is 14.6. The molecule has 0 spiro atoms. The molecule has 1 fully saturated rings. The molecule has 4 heteroatoms. The first kappa shape index (κ1) is 18.0. The molecule has 1 amide bonds. The Hall–Kier alpha value is -1.39. The van der Waals surface area contributed by atoms with Gasteiger partial charge in [-0.15, -0.1) is 0 Å². The van der Waals surface area contributed by atoms with Gasteiger partial charge in [0.25, 0.3) is 0 Å². The molecule has 0 aliphatic carbocycles. The summed E-state index contributed by atoms with van der Waals surface area (Å²) in [5, 5.41) is 0. The van der Waals surface area contributed by atoms with Gasteiger partial charge in [-0.3, -0.25) is 9.69 Å². The second-order valence-corrected chi connectivity index (χ2v) is 6.81. The first-order valence-corrected chi connectivity index (χ1v) is 8.88. The highest BCUT2D eigenvalue weighted by Crippen LogP contribution is 2.27. The number of carbonyl (C=O) groups is 1. The number of hydrogen-bond acceptors (Lipinski definition) is 3. The lowest BCUT2D eigenvalue weighted by Crippen LogP contribution is -2.44. The number of likely N-dealkylation sites (tertiary alicyclic amines) is 1. The van der Waals surface area contributed by atoms with Crippen LogP contribution in [0.25, 0.3) is 0 Å². The Balaban J connectivity index is 1.88. The van der Waals surface area contributed by atoms with E-state index in [1.54, 1.807) is 0 Å². The smallest absolute Gasteiger partial charge is 0.239 e. The number of primary amides is 1. The molecule has 0 aromatic heterocycles. The molecule has 0 unspecified atom stereocenters. The third-order valence-electron chi connectivity index (χ3n) is 4.86. The largest absolute Gasteiger partial charge is 0.368 e. The van der Waals surface area contributed by atoms with Gasteiger partial charge in [-0.2, -0.15) is 0 Å². The maximum absolute atomic E-state index is 11.9. The molecule has 1 atom stereocenters. The maximum atomic E-state index is 11.9. The van der Waals surface area contributed by atoms with Crippen molar-refractivity contribution in [2.24, 2.45) is 11.7 Å². The number of piperidine rings is 1. The molecular weight excluding hydrogens is 286 g/mol. The van der Waals surface area contributed by atoms with Crippen LogP contribution in [0.2, 0.25) is 0 Å². The van der Waals surface area contributed by atoms with Gasteiger partial charge in [-0.1, -0.05) is 43.7 Å². The van der Waals surface area contributed by atoms with Gasteiger partial charge < -0.3 is 10.6 Å². The summed E-state index contributed by atoms with van der Waals surface area (Å²) in [6, 6.07) is 9.64. The number of rotatable bonds is 8. The van der Waals surface area contributed by atoms with Gasteiger partial charge in [0.15, 0.2) is 0 Å². The predicted molar refractivity (Wildman–Crippen MR) is 95.1 cm³/mol. The Morgan fingerprint density at radius 2 is 1.96 bits per heavy atom. The Kier molecular flexibility index (Phi) is 7.06. The fraction of sp³-hybridized carbons (Fsp3) is 0.632. The number of unbranched alkanes of at least 4 members (excludes halogenated alkanes) is 1. The summed E-state index contributed by atoms with van der Waals surface area (Å²) in [7, 11) is 2.22. The molecule has 128 valence electrons. The molecule has 1 aliphatic heterocycles. The minimum Gasteiger partial charge on any atom is -0.368 e. The van der Waals surface area contributed by atoms with Gasteiger partial charge in [0.05, 0.1) is 0 Å². The van der Waals surface area contributed by atoms with Crippen LogP contribution < -0.4 is 5.73 Å². The molecule has 1 heterocycles. The second-order valence-electron chi connectivity index (χ2n) is 6.81. The van der Waals surface area contributed by atoms with E-state index in [1.807, 2.05) is 30.3 Å². The molecule has 0 saturated carbocycles.